The molecule has 1 aliphatic heterocycles. The van der Waals surface area contributed by atoms with Crippen molar-refractivity contribution in [3.63, 3.8) is 0 Å². The molecule has 2 heteroatoms. The molecule has 0 spiro atoms. The Morgan fingerprint density at radius 1 is 1.33 bits per heavy atom. The molecule has 2 atom stereocenters. The number of benzene rings is 1. The minimum absolute atomic E-state index is 0.421. The van der Waals surface area contributed by atoms with Gasteiger partial charge in [0.2, 0.25) is 0 Å². The highest BCUT2D eigenvalue weighted by molar-refractivity contribution is 5.35. The zero-order chi connectivity index (χ0) is 12.6. The number of likely N-dealkylation sites (tertiary alicyclic amines) is 1. The number of fused-ring (bicyclic) bond motifs is 2. The van der Waals surface area contributed by atoms with Crippen molar-refractivity contribution in [3.05, 3.63) is 29.8 Å². The van der Waals surface area contributed by atoms with E-state index in [1.165, 1.54) is 44.2 Å². The van der Waals surface area contributed by atoms with Crippen LogP contribution in [0.2, 0.25) is 0 Å². The molecule has 18 heavy (non-hydrogen) atoms. The highest BCUT2D eigenvalue weighted by Crippen LogP contribution is 2.47. The van der Waals surface area contributed by atoms with E-state index in [1.54, 1.807) is 7.11 Å². The summed E-state index contributed by atoms with van der Waals surface area (Å²) in [6.45, 7) is 1.24. The molecule has 98 valence electrons. The summed E-state index contributed by atoms with van der Waals surface area (Å²) in [5, 5.41) is 0. The van der Waals surface area contributed by atoms with Gasteiger partial charge in [-0.15, -0.1) is 0 Å². The monoisotopic (exact) mass is 245 g/mol. The maximum atomic E-state index is 5.39. The van der Waals surface area contributed by atoms with Crippen LogP contribution in [0.4, 0.5) is 0 Å². The van der Waals surface area contributed by atoms with Crippen molar-refractivity contribution in [2.24, 2.45) is 0 Å². The van der Waals surface area contributed by atoms with Crippen LogP contribution in [0.15, 0.2) is 24.3 Å². The fourth-order valence-electron chi connectivity index (χ4n) is 3.87. The Morgan fingerprint density at radius 3 is 3.06 bits per heavy atom. The van der Waals surface area contributed by atoms with E-state index < -0.39 is 0 Å². The third-order valence-electron chi connectivity index (χ3n) is 5.07. The average molecular weight is 245 g/mol. The Labute approximate surface area is 110 Å². The van der Waals surface area contributed by atoms with Gasteiger partial charge in [-0.2, -0.15) is 0 Å². The fourth-order valence-corrected chi connectivity index (χ4v) is 3.87. The highest BCUT2D eigenvalue weighted by atomic mass is 16.5. The van der Waals surface area contributed by atoms with Crippen molar-refractivity contribution in [2.75, 3.05) is 20.7 Å². The molecule has 0 unspecified atom stereocenters. The van der Waals surface area contributed by atoms with Crippen LogP contribution in [0.25, 0.3) is 0 Å². The van der Waals surface area contributed by atoms with Crippen LogP contribution in [-0.2, 0) is 5.41 Å². The van der Waals surface area contributed by atoms with Gasteiger partial charge in [0.05, 0.1) is 7.11 Å². The molecule has 0 amide bonds. The van der Waals surface area contributed by atoms with Crippen molar-refractivity contribution in [1.29, 1.82) is 0 Å². The smallest absolute Gasteiger partial charge is 0.119 e. The highest BCUT2D eigenvalue weighted by Gasteiger charge is 2.42. The summed E-state index contributed by atoms with van der Waals surface area (Å²) in [5.74, 6) is 1.00. The molecule has 2 fully saturated rings. The summed E-state index contributed by atoms with van der Waals surface area (Å²) in [4.78, 5) is 2.55. The van der Waals surface area contributed by atoms with Gasteiger partial charge in [-0.3, -0.25) is 0 Å². The number of nitrogens with zero attached hydrogens (tertiary/aromatic N) is 1. The Kier molecular flexibility index (Phi) is 3.06. The molecule has 2 nitrogen and oxygen atoms in total. The lowest BCUT2D eigenvalue weighted by Gasteiger charge is -2.50. The maximum absolute atomic E-state index is 5.39. The van der Waals surface area contributed by atoms with Gasteiger partial charge < -0.3 is 9.64 Å². The van der Waals surface area contributed by atoms with Gasteiger partial charge in [-0.25, -0.2) is 0 Å². The second-order valence-corrected chi connectivity index (χ2v) is 5.99. The van der Waals surface area contributed by atoms with Crippen LogP contribution in [0, 0.1) is 0 Å². The van der Waals surface area contributed by atoms with E-state index in [0.29, 0.717) is 5.41 Å². The summed E-state index contributed by atoms with van der Waals surface area (Å²) in [6.07, 6.45) is 6.72. The Hall–Kier alpha value is -1.02. The molecule has 2 aliphatic rings. The summed E-state index contributed by atoms with van der Waals surface area (Å²) < 4.78 is 5.39. The third-order valence-corrected chi connectivity index (χ3v) is 5.07. The Bertz CT molecular complexity index is 431. The minimum atomic E-state index is 0.421. The number of rotatable bonds is 2. The second-order valence-electron chi connectivity index (χ2n) is 5.99. The van der Waals surface area contributed by atoms with Crippen LogP contribution >= 0.6 is 0 Å². The maximum Gasteiger partial charge on any atom is 0.119 e. The van der Waals surface area contributed by atoms with E-state index in [1.807, 2.05) is 0 Å². The van der Waals surface area contributed by atoms with Gasteiger partial charge >= 0.3 is 0 Å². The first-order chi connectivity index (χ1) is 8.73. The summed E-state index contributed by atoms with van der Waals surface area (Å²) in [7, 11) is 4.04. The van der Waals surface area contributed by atoms with Crippen molar-refractivity contribution in [1.82, 2.24) is 4.90 Å². The van der Waals surface area contributed by atoms with Gasteiger partial charge in [0, 0.05) is 6.04 Å². The molecule has 0 radical (unpaired) electrons. The predicted molar refractivity (Wildman–Crippen MR) is 74.2 cm³/mol. The van der Waals surface area contributed by atoms with Gasteiger partial charge in [-0.05, 0) is 62.4 Å². The Balaban J connectivity index is 1.93. The first kappa shape index (κ1) is 12.0. The number of methoxy groups -OCH3 is 1. The van der Waals surface area contributed by atoms with Crippen molar-refractivity contribution in [2.45, 2.75) is 43.6 Å². The summed E-state index contributed by atoms with van der Waals surface area (Å²) in [6, 6.07) is 9.54. The van der Waals surface area contributed by atoms with E-state index >= 15 is 0 Å². The third kappa shape index (κ3) is 1.93. The molecule has 1 aromatic carbocycles. The lowest BCUT2D eigenvalue weighted by atomic mass is 9.63. The van der Waals surface area contributed by atoms with Crippen molar-refractivity contribution in [3.8, 4) is 5.75 Å². The zero-order valence-electron chi connectivity index (χ0n) is 11.5. The number of ether oxygens (including phenoxy) is 1. The van der Waals surface area contributed by atoms with Crippen LogP contribution in [0.1, 0.15) is 37.7 Å². The van der Waals surface area contributed by atoms with Gasteiger partial charge in [0.15, 0.2) is 0 Å². The summed E-state index contributed by atoms with van der Waals surface area (Å²) >= 11 is 0. The van der Waals surface area contributed by atoms with Crippen molar-refractivity contribution >= 4 is 0 Å². The lowest BCUT2D eigenvalue weighted by Crippen LogP contribution is -2.50. The average Bonchev–Trinajstić information content (AvgIpc) is 2.44. The van der Waals surface area contributed by atoms with Crippen molar-refractivity contribution < 1.29 is 4.74 Å². The molecule has 1 saturated heterocycles. The number of hydrogen-bond acceptors (Lipinski definition) is 2. The number of hydrogen-bond donors (Lipinski definition) is 0. The van der Waals surface area contributed by atoms with E-state index in [4.69, 9.17) is 4.74 Å². The predicted octanol–water partition coefficient (Wildman–Crippen LogP) is 3.21. The fraction of sp³-hybridized carbons (Fsp3) is 0.625. The lowest BCUT2D eigenvalue weighted by molar-refractivity contribution is 0.0719. The standard InChI is InChI=1S/C16H23NO/c1-17-10-9-16(8-4-6-14(17)12-16)13-5-3-7-15(11-13)18-2/h3,5,7,11,14H,4,6,8-10,12H2,1-2H3/t14-,16+/m0/s1. The topological polar surface area (TPSA) is 12.5 Å². The molecule has 0 aromatic heterocycles. The van der Waals surface area contributed by atoms with Crippen LogP contribution < -0.4 is 4.74 Å². The van der Waals surface area contributed by atoms with E-state index in [9.17, 15) is 0 Å². The molecule has 0 N–H and O–H groups in total. The normalized spacial score (nSPS) is 32.2. The molecule has 1 heterocycles. The molecular formula is C16H23NO. The van der Waals surface area contributed by atoms with Crippen LogP contribution in [-0.4, -0.2) is 31.6 Å². The van der Waals surface area contributed by atoms with Crippen LogP contribution in [0.3, 0.4) is 0 Å². The molecule has 1 aromatic rings. The van der Waals surface area contributed by atoms with E-state index in [-0.39, 0.29) is 0 Å². The van der Waals surface area contributed by atoms with E-state index in [0.717, 1.165) is 11.8 Å². The van der Waals surface area contributed by atoms with Crippen LogP contribution in [0.5, 0.6) is 5.75 Å². The largest absolute Gasteiger partial charge is 0.497 e. The first-order valence-electron chi connectivity index (χ1n) is 7.08. The molecule has 3 rings (SSSR count). The molecule has 2 bridgehead atoms. The molecule has 1 aliphatic carbocycles. The Morgan fingerprint density at radius 2 is 2.22 bits per heavy atom. The SMILES string of the molecule is COc1cccc([C@@]23CCC[C@@H](C2)N(C)CC3)c1. The van der Waals surface area contributed by atoms with Gasteiger partial charge in [0.25, 0.3) is 0 Å². The second kappa shape index (κ2) is 4.58. The minimum Gasteiger partial charge on any atom is -0.497 e. The molecular weight excluding hydrogens is 222 g/mol. The first-order valence-corrected chi connectivity index (χ1v) is 7.08. The van der Waals surface area contributed by atoms with Gasteiger partial charge in [-0.1, -0.05) is 18.6 Å². The quantitative estimate of drug-likeness (QED) is 0.793. The zero-order valence-corrected chi connectivity index (χ0v) is 11.5. The number of piperidine rings is 1. The molecule has 1 saturated carbocycles. The summed E-state index contributed by atoms with van der Waals surface area (Å²) in [5.41, 5.74) is 1.92. The van der Waals surface area contributed by atoms with E-state index in [2.05, 4.69) is 36.2 Å². The van der Waals surface area contributed by atoms with Gasteiger partial charge in [0.1, 0.15) is 5.75 Å².